The predicted molar refractivity (Wildman–Crippen MR) is 90.6 cm³/mol. The van der Waals surface area contributed by atoms with Crippen molar-refractivity contribution in [2.75, 3.05) is 38.5 Å². The standard InChI is InChI=1S/C14H22N8OS/c1-20-4-2-15-12(20)11-21-5-7-22(8-6-21)14(23)16-3-9-24-13-10-17-19-18-13/h2,4,10H,3,5-9,11H2,1H3,(H,16,23)(H,17,18,19). The van der Waals surface area contributed by atoms with Crippen LogP contribution >= 0.6 is 11.8 Å². The van der Waals surface area contributed by atoms with E-state index in [0.717, 1.165) is 49.3 Å². The van der Waals surface area contributed by atoms with Gasteiger partial charge in [-0.25, -0.2) is 9.78 Å². The number of amides is 2. The fraction of sp³-hybridized carbons (Fsp3) is 0.571. The molecule has 0 aliphatic carbocycles. The van der Waals surface area contributed by atoms with E-state index in [0.29, 0.717) is 6.54 Å². The van der Waals surface area contributed by atoms with E-state index in [-0.39, 0.29) is 6.03 Å². The molecular weight excluding hydrogens is 328 g/mol. The van der Waals surface area contributed by atoms with Crippen molar-refractivity contribution in [3.63, 3.8) is 0 Å². The molecule has 10 heteroatoms. The van der Waals surface area contributed by atoms with E-state index in [1.807, 2.05) is 28.9 Å². The number of aromatic nitrogens is 5. The maximum Gasteiger partial charge on any atom is 0.317 e. The Morgan fingerprint density at radius 3 is 2.88 bits per heavy atom. The Bertz CT molecular complexity index is 635. The van der Waals surface area contributed by atoms with Gasteiger partial charge in [0.1, 0.15) is 10.9 Å². The average molecular weight is 350 g/mol. The van der Waals surface area contributed by atoms with Crippen molar-refractivity contribution >= 4 is 17.8 Å². The Balaban J connectivity index is 1.33. The molecule has 9 nitrogen and oxygen atoms in total. The number of thioether (sulfide) groups is 1. The molecule has 2 amide bonds. The van der Waals surface area contributed by atoms with Crippen LogP contribution in [-0.2, 0) is 13.6 Å². The van der Waals surface area contributed by atoms with Gasteiger partial charge in [0.15, 0.2) is 0 Å². The van der Waals surface area contributed by atoms with Crippen molar-refractivity contribution in [2.24, 2.45) is 7.05 Å². The van der Waals surface area contributed by atoms with Gasteiger partial charge in [0, 0.05) is 57.9 Å². The van der Waals surface area contributed by atoms with Crippen LogP contribution in [0.4, 0.5) is 4.79 Å². The quantitative estimate of drug-likeness (QED) is 0.569. The number of aryl methyl sites for hydroxylation is 1. The first-order valence-electron chi connectivity index (χ1n) is 7.92. The number of nitrogens with one attached hydrogen (secondary N) is 2. The minimum Gasteiger partial charge on any atom is -0.337 e. The van der Waals surface area contributed by atoms with Crippen LogP contribution in [0.2, 0.25) is 0 Å². The first kappa shape index (κ1) is 16.8. The molecule has 24 heavy (non-hydrogen) atoms. The lowest BCUT2D eigenvalue weighted by atomic mass is 10.3. The van der Waals surface area contributed by atoms with Gasteiger partial charge in [-0.1, -0.05) is 0 Å². The molecule has 2 aromatic rings. The van der Waals surface area contributed by atoms with Crippen LogP contribution in [0.25, 0.3) is 0 Å². The number of hydrogen-bond donors (Lipinski definition) is 2. The zero-order valence-corrected chi connectivity index (χ0v) is 14.5. The monoisotopic (exact) mass is 350 g/mol. The first-order valence-corrected chi connectivity index (χ1v) is 8.91. The molecule has 0 saturated carbocycles. The summed E-state index contributed by atoms with van der Waals surface area (Å²) in [6.45, 7) is 4.67. The van der Waals surface area contributed by atoms with Gasteiger partial charge in [0.05, 0.1) is 12.7 Å². The lowest BCUT2D eigenvalue weighted by Gasteiger charge is -2.34. The second-order valence-corrected chi connectivity index (χ2v) is 6.72. The number of aromatic amines is 1. The van der Waals surface area contributed by atoms with Gasteiger partial charge in [0.25, 0.3) is 0 Å². The molecule has 3 heterocycles. The third-order valence-corrected chi connectivity index (χ3v) is 4.87. The lowest BCUT2D eigenvalue weighted by Crippen LogP contribution is -2.51. The second-order valence-electron chi connectivity index (χ2n) is 5.61. The molecule has 1 fully saturated rings. The first-order chi connectivity index (χ1) is 11.7. The van der Waals surface area contributed by atoms with E-state index in [9.17, 15) is 4.79 Å². The Kier molecular flexibility index (Phi) is 5.70. The summed E-state index contributed by atoms with van der Waals surface area (Å²) in [4.78, 5) is 20.7. The highest BCUT2D eigenvalue weighted by atomic mass is 32.2. The van der Waals surface area contributed by atoms with Crippen LogP contribution in [0.15, 0.2) is 23.6 Å². The van der Waals surface area contributed by atoms with Crippen molar-refractivity contribution in [3.8, 4) is 0 Å². The highest BCUT2D eigenvalue weighted by molar-refractivity contribution is 7.99. The van der Waals surface area contributed by atoms with E-state index in [1.54, 1.807) is 18.0 Å². The van der Waals surface area contributed by atoms with E-state index < -0.39 is 0 Å². The van der Waals surface area contributed by atoms with E-state index >= 15 is 0 Å². The number of piperazine rings is 1. The second kappa shape index (κ2) is 8.15. The molecule has 0 spiro atoms. The summed E-state index contributed by atoms with van der Waals surface area (Å²) in [6, 6.07) is 0.00685. The fourth-order valence-corrected chi connectivity index (χ4v) is 3.19. The molecule has 1 aliphatic heterocycles. The zero-order chi connectivity index (χ0) is 16.8. The summed E-state index contributed by atoms with van der Waals surface area (Å²) in [5, 5.41) is 14.1. The van der Waals surface area contributed by atoms with Gasteiger partial charge in [-0.15, -0.1) is 16.9 Å². The van der Waals surface area contributed by atoms with Crippen molar-refractivity contribution < 1.29 is 4.79 Å². The Morgan fingerprint density at radius 2 is 2.21 bits per heavy atom. The normalized spacial score (nSPS) is 15.6. The summed E-state index contributed by atoms with van der Waals surface area (Å²) < 4.78 is 2.03. The number of urea groups is 1. The van der Waals surface area contributed by atoms with Crippen molar-refractivity contribution in [1.29, 1.82) is 0 Å². The van der Waals surface area contributed by atoms with E-state index in [4.69, 9.17) is 0 Å². The highest BCUT2D eigenvalue weighted by Crippen LogP contribution is 2.11. The van der Waals surface area contributed by atoms with Crippen molar-refractivity contribution in [1.82, 2.24) is 40.1 Å². The number of rotatable bonds is 6. The summed E-state index contributed by atoms with van der Waals surface area (Å²) in [5.41, 5.74) is 0. The number of nitrogens with zero attached hydrogens (tertiary/aromatic N) is 6. The SMILES string of the molecule is Cn1ccnc1CN1CCN(C(=O)NCCSc2cn[nH]n2)CC1. The van der Waals surface area contributed by atoms with Gasteiger partial charge >= 0.3 is 6.03 Å². The minimum absolute atomic E-state index is 0.00685. The Labute approximate surface area is 144 Å². The summed E-state index contributed by atoms with van der Waals surface area (Å²) in [7, 11) is 2.00. The fourth-order valence-electron chi connectivity index (χ4n) is 2.54. The number of hydrogen-bond acceptors (Lipinski definition) is 6. The van der Waals surface area contributed by atoms with Gasteiger partial charge in [0.2, 0.25) is 0 Å². The van der Waals surface area contributed by atoms with Crippen molar-refractivity contribution in [3.05, 3.63) is 24.4 Å². The summed E-state index contributed by atoms with van der Waals surface area (Å²) >= 11 is 1.56. The molecule has 0 aromatic carbocycles. The molecule has 0 bridgehead atoms. The zero-order valence-electron chi connectivity index (χ0n) is 13.7. The topological polar surface area (TPSA) is 95.0 Å². The van der Waals surface area contributed by atoms with Crippen LogP contribution in [-0.4, -0.2) is 79.3 Å². The molecular formula is C14H22N8OS. The van der Waals surface area contributed by atoms with Crippen LogP contribution in [0.1, 0.15) is 5.82 Å². The summed E-state index contributed by atoms with van der Waals surface area (Å²) in [5.74, 6) is 1.83. The molecule has 0 atom stereocenters. The van der Waals surface area contributed by atoms with E-state index in [1.165, 1.54) is 0 Å². The van der Waals surface area contributed by atoms with Gasteiger partial charge in [-0.2, -0.15) is 10.3 Å². The number of carbonyl (C=O) groups excluding carboxylic acids is 1. The van der Waals surface area contributed by atoms with E-state index in [2.05, 4.69) is 30.6 Å². The van der Waals surface area contributed by atoms with Gasteiger partial charge < -0.3 is 14.8 Å². The number of carbonyl (C=O) groups is 1. The van der Waals surface area contributed by atoms with Crippen LogP contribution in [0, 0.1) is 0 Å². The summed E-state index contributed by atoms with van der Waals surface area (Å²) in [6.07, 6.45) is 5.44. The molecule has 1 aliphatic rings. The highest BCUT2D eigenvalue weighted by Gasteiger charge is 2.21. The van der Waals surface area contributed by atoms with Crippen LogP contribution < -0.4 is 5.32 Å². The van der Waals surface area contributed by atoms with Gasteiger partial charge in [-0.3, -0.25) is 4.90 Å². The maximum absolute atomic E-state index is 12.2. The van der Waals surface area contributed by atoms with Gasteiger partial charge in [-0.05, 0) is 0 Å². The molecule has 0 unspecified atom stereocenters. The molecule has 0 radical (unpaired) electrons. The molecule has 1 saturated heterocycles. The smallest absolute Gasteiger partial charge is 0.317 e. The molecule has 130 valence electrons. The van der Waals surface area contributed by atoms with Crippen LogP contribution in [0.3, 0.4) is 0 Å². The molecule has 2 aromatic heterocycles. The number of imidazole rings is 1. The Morgan fingerprint density at radius 1 is 1.38 bits per heavy atom. The maximum atomic E-state index is 12.2. The Hall–Kier alpha value is -2.07. The van der Waals surface area contributed by atoms with Crippen LogP contribution in [0.5, 0.6) is 0 Å². The third-order valence-electron chi connectivity index (χ3n) is 3.97. The third kappa shape index (κ3) is 4.48. The van der Waals surface area contributed by atoms with Crippen molar-refractivity contribution in [2.45, 2.75) is 11.6 Å². The molecule has 3 rings (SSSR count). The predicted octanol–water partition coefficient (Wildman–Crippen LogP) is 0.158. The largest absolute Gasteiger partial charge is 0.337 e. The average Bonchev–Trinajstić information content (AvgIpc) is 3.25. The molecule has 2 N–H and O–H groups in total. The lowest BCUT2D eigenvalue weighted by molar-refractivity contribution is 0.133. The minimum atomic E-state index is 0.00685. The number of H-pyrrole nitrogens is 1.